The van der Waals surface area contributed by atoms with Crippen LogP contribution in [0, 0.1) is 0 Å². The predicted octanol–water partition coefficient (Wildman–Crippen LogP) is 0.436. The van der Waals surface area contributed by atoms with Crippen molar-refractivity contribution in [3.63, 3.8) is 0 Å². The summed E-state index contributed by atoms with van der Waals surface area (Å²) >= 11 is 0. The fourth-order valence-electron chi connectivity index (χ4n) is 0.834. The minimum Gasteiger partial charge on any atom is -0.379 e. The Balaban J connectivity index is 3.23. The topological polar surface area (TPSA) is 55.4 Å². The van der Waals surface area contributed by atoms with Crippen molar-refractivity contribution in [1.29, 1.82) is 0 Å². The van der Waals surface area contributed by atoms with Crippen molar-refractivity contribution in [2.24, 2.45) is 0 Å². The summed E-state index contributed by atoms with van der Waals surface area (Å²) in [6, 6.07) is 0.494. The van der Waals surface area contributed by atoms with Crippen LogP contribution in [0.4, 0.5) is 0 Å². The first-order chi connectivity index (χ1) is 6.45. The van der Waals surface area contributed by atoms with Crippen LogP contribution in [-0.2, 0) is 14.6 Å². The molecular formula is C9H21NO3S. The number of ether oxygens (including phenoxy) is 1. The molecule has 1 N–H and O–H groups in total. The van der Waals surface area contributed by atoms with Crippen LogP contribution in [0.25, 0.3) is 0 Å². The number of hydrogen-bond acceptors (Lipinski definition) is 4. The summed E-state index contributed by atoms with van der Waals surface area (Å²) in [6.07, 6.45) is 2.30. The van der Waals surface area contributed by atoms with E-state index in [2.05, 4.69) is 19.2 Å². The lowest BCUT2D eigenvalue weighted by molar-refractivity contribution is 0.148. The van der Waals surface area contributed by atoms with Crippen LogP contribution in [0.15, 0.2) is 0 Å². The lowest BCUT2D eigenvalue weighted by Gasteiger charge is -2.10. The Labute approximate surface area is 86.9 Å². The molecule has 0 fully saturated rings. The molecule has 0 amide bonds. The van der Waals surface area contributed by atoms with Gasteiger partial charge in [0, 0.05) is 18.8 Å². The van der Waals surface area contributed by atoms with E-state index in [0.29, 0.717) is 19.3 Å². The van der Waals surface area contributed by atoms with Crippen LogP contribution in [-0.4, -0.2) is 46.2 Å². The zero-order valence-electron chi connectivity index (χ0n) is 9.25. The third-order valence-electron chi connectivity index (χ3n) is 1.95. The van der Waals surface area contributed by atoms with Crippen molar-refractivity contribution in [3.8, 4) is 0 Å². The van der Waals surface area contributed by atoms with Gasteiger partial charge in [-0.3, -0.25) is 0 Å². The standard InChI is InChI=1S/C9H21NO3S/c1-4-9(2)10-5-6-13-7-8-14(3,11)12/h9-10H,4-8H2,1-3H3. The van der Waals surface area contributed by atoms with E-state index in [-0.39, 0.29) is 5.75 Å². The van der Waals surface area contributed by atoms with Gasteiger partial charge in [-0.2, -0.15) is 0 Å². The Morgan fingerprint density at radius 3 is 2.50 bits per heavy atom. The van der Waals surface area contributed by atoms with Crippen LogP contribution in [0.3, 0.4) is 0 Å². The van der Waals surface area contributed by atoms with Gasteiger partial charge in [0.05, 0.1) is 19.0 Å². The summed E-state index contributed by atoms with van der Waals surface area (Å²) in [7, 11) is -2.88. The molecule has 0 aromatic rings. The first-order valence-electron chi connectivity index (χ1n) is 4.94. The molecule has 0 radical (unpaired) electrons. The highest BCUT2D eigenvalue weighted by molar-refractivity contribution is 7.90. The van der Waals surface area contributed by atoms with Crippen LogP contribution >= 0.6 is 0 Å². The maximum Gasteiger partial charge on any atom is 0.149 e. The molecule has 0 aromatic heterocycles. The largest absolute Gasteiger partial charge is 0.379 e. The van der Waals surface area contributed by atoms with Gasteiger partial charge in [0.2, 0.25) is 0 Å². The van der Waals surface area contributed by atoms with Crippen molar-refractivity contribution >= 4 is 9.84 Å². The number of nitrogens with one attached hydrogen (secondary N) is 1. The summed E-state index contributed by atoms with van der Waals surface area (Å²) in [5, 5.41) is 3.26. The fourth-order valence-corrected chi connectivity index (χ4v) is 1.25. The Morgan fingerprint density at radius 1 is 1.36 bits per heavy atom. The molecule has 1 unspecified atom stereocenters. The molecule has 0 aromatic carbocycles. The van der Waals surface area contributed by atoms with E-state index in [1.165, 1.54) is 6.26 Å². The molecule has 1 atom stereocenters. The van der Waals surface area contributed by atoms with Crippen molar-refractivity contribution < 1.29 is 13.2 Å². The molecular weight excluding hydrogens is 202 g/mol. The van der Waals surface area contributed by atoms with Gasteiger partial charge >= 0.3 is 0 Å². The minimum absolute atomic E-state index is 0.107. The van der Waals surface area contributed by atoms with E-state index in [4.69, 9.17) is 4.74 Å². The van der Waals surface area contributed by atoms with Gasteiger partial charge in [-0.05, 0) is 13.3 Å². The first kappa shape index (κ1) is 13.9. The number of sulfone groups is 1. The Bertz CT molecular complexity index is 226. The van der Waals surface area contributed by atoms with Gasteiger partial charge in [-0.25, -0.2) is 8.42 Å². The van der Waals surface area contributed by atoms with E-state index in [0.717, 1.165) is 13.0 Å². The van der Waals surface area contributed by atoms with Crippen molar-refractivity contribution in [2.75, 3.05) is 31.8 Å². The van der Waals surface area contributed by atoms with E-state index < -0.39 is 9.84 Å². The molecule has 5 heteroatoms. The second-order valence-corrected chi connectivity index (χ2v) is 5.77. The molecule has 0 spiro atoms. The van der Waals surface area contributed by atoms with Crippen LogP contribution in [0.2, 0.25) is 0 Å². The summed E-state index contributed by atoms with van der Waals surface area (Å²) < 4.78 is 26.6. The third-order valence-corrected chi connectivity index (χ3v) is 2.86. The van der Waals surface area contributed by atoms with Crippen LogP contribution in [0.1, 0.15) is 20.3 Å². The average Bonchev–Trinajstić information content (AvgIpc) is 2.08. The Kier molecular flexibility index (Phi) is 7.13. The summed E-state index contributed by atoms with van der Waals surface area (Å²) in [5.74, 6) is 0.107. The van der Waals surface area contributed by atoms with E-state index >= 15 is 0 Å². The smallest absolute Gasteiger partial charge is 0.149 e. The lowest BCUT2D eigenvalue weighted by atomic mass is 10.3. The molecule has 0 aliphatic rings. The molecule has 14 heavy (non-hydrogen) atoms. The summed E-state index contributed by atoms with van der Waals surface area (Å²) in [5.41, 5.74) is 0. The molecule has 0 aliphatic carbocycles. The van der Waals surface area contributed by atoms with Crippen molar-refractivity contribution in [3.05, 3.63) is 0 Å². The molecule has 0 rings (SSSR count). The van der Waals surface area contributed by atoms with Crippen LogP contribution in [0.5, 0.6) is 0 Å². The van der Waals surface area contributed by atoms with E-state index in [1.54, 1.807) is 0 Å². The summed E-state index contributed by atoms with van der Waals surface area (Å²) in [4.78, 5) is 0. The quantitative estimate of drug-likeness (QED) is 0.607. The van der Waals surface area contributed by atoms with Crippen LogP contribution < -0.4 is 5.32 Å². The van der Waals surface area contributed by atoms with E-state index in [9.17, 15) is 8.42 Å². The third kappa shape index (κ3) is 9.95. The molecule has 0 saturated carbocycles. The molecule has 0 aliphatic heterocycles. The molecule has 4 nitrogen and oxygen atoms in total. The molecule has 0 heterocycles. The second-order valence-electron chi connectivity index (χ2n) is 3.51. The SMILES string of the molecule is CCC(C)NCCOCCS(C)(=O)=O. The number of rotatable bonds is 8. The zero-order chi connectivity index (χ0) is 11.0. The lowest BCUT2D eigenvalue weighted by Crippen LogP contribution is -2.29. The maximum absolute atomic E-state index is 10.7. The number of hydrogen-bond donors (Lipinski definition) is 1. The minimum atomic E-state index is -2.88. The highest BCUT2D eigenvalue weighted by Gasteiger charge is 2.01. The van der Waals surface area contributed by atoms with E-state index in [1.807, 2.05) is 0 Å². The van der Waals surface area contributed by atoms with Gasteiger partial charge in [-0.1, -0.05) is 6.92 Å². The Morgan fingerprint density at radius 2 is 2.00 bits per heavy atom. The van der Waals surface area contributed by atoms with Gasteiger partial charge in [0.1, 0.15) is 9.84 Å². The monoisotopic (exact) mass is 223 g/mol. The van der Waals surface area contributed by atoms with Gasteiger partial charge in [0.15, 0.2) is 0 Å². The zero-order valence-corrected chi connectivity index (χ0v) is 10.1. The molecule has 86 valence electrons. The second kappa shape index (κ2) is 7.20. The van der Waals surface area contributed by atoms with Crippen molar-refractivity contribution in [1.82, 2.24) is 5.32 Å². The van der Waals surface area contributed by atoms with Gasteiger partial charge in [0.25, 0.3) is 0 Å². The first-order valence-corrected chi connectivity index (χ1v) is 7.00. The predicted molar refractivity (Wildman–Crippen MR) is 58.3 cm³/mol. The highest BCUT2D eigenvalue weighted by Crippen LogP contribution is 1.87. The Hall–Kier alpha value is -0.130. The van der Waals surface area contributed by atoms with Gasteiger partial charge in [-0.15, -0.1) is 0 Å². The molecule has 0 bridgehead atoms. The highest BCUT2D eigenvalue weighted by atomic mass is 32.2. The molecule has 0 saturated heterocycles. The maximum atomic E-state index is 10.7. The fraction of sp³-hybridized carbons (Fsp3) is 1.00. The average molecular weight is 223 g/mol. The summed E-state index contributed by atoms with van der Waals surface area (Å²) in [6.45, 7) is 5.86. The van der Waals surface area contributed by atoms with Gasteiger partial charge < -0.3 is 10.1 Å². The normalized spacial score (nSPS) is 14.2. The van der Waals surface area contributed by atoms with Crippen molar-refractivity contribution in [2.45, 2.75) is 26.3 Å².